The Bertz CT molecular complexity index is 559. The van der Waals surface area contributed by atoms with E-state index in [1.807, 2.05) is 12.1 Å². The topological polar surface area (TPSA) is 12.9 Å². The number of benzene rings is 1. The number of aromatic nitrogens is 1. The highest BCUT2D eigenvalue weighted by atomic mass is 127. The molecule has 0 aliphatic heterocycles. The number of halogens is 3. The van der Waals surface area contributed by atoms with Gasteiger partial charge in [0.2, 0.25) is 0 Å². The number of rotatable bonds is 3. The predicted molar refractivity (Wildman–Crippen MR) is 83.5 cm³/mol. The lowest BCUT2D eigenvalue weighted by atomic mass is 10.1. The molecule has 0 saturated carbocycles. The van der Waals surface area contributed by atoms with Crippen molar-refractivity contribution in [1.82, 2.24) is 4.98 Å². The van der Waals surface area contributed by atoms with Gasteiger partial charge < -0.3 is 0 Å². The zero-order chi connectivity index (χ0) is 13.1. The second-order valence-electron chi connectivity index (χ2n) is 4.10. The summed E-state index contributed by atoms with van der Waals surface area (Å²) in [5, 5.41) is 0. The smallest absolute Gasteiger partial charge is 0.124 e. The summed E-state index contributed by atoms with van der Waals surface area (Å²) in [6.07, 6.45) is 2.60. The minimum Gasteiger partial charge on any atom is -0.261 e. The van der Waals surface area contributed by atoms with Crippen LogP contribution in [-0.2, 0) is 6.42 Å². The molecule has 18 heavy (non-hydrogen) atoms. The van der Waals surface area contributed by atoms with Gasteiger partial charge in [-0.15, -0.1) is 0 Å². The third-order valence-corrected chi connectivity index (χ3v) is 4.54. The second-order valence-corrected chi connectivity index (χ2v) is 6.37. The second kappa shape index (κ2) is 6.10. The standard InChI is InChI=1S/C14H12BrFIN/c1-9-3-2-6-18-14(9)8-12(15)11-5-4-10(16)7-13(11)17/h2-7,12H,8H2,1H3. The number of aryl methyl sites for hydroxylation is 1. The fourth-order valence-corrected chi connectivity index (χ4v) is 3.75. The Kier molecular flexibility index (Phi) is 4.72. The summed E-state index contributed by atoms with van der Waals surface area (Å²) in [7, 11) is 0. The molecule has 0 bridgehead atoms. The van der Waals surface area contributed by atoms with Gasteiger partial charge in [-0.05, 0) is 58.8 Å². The van der Waals surface area contributed by atoms with Crippen LogP contribution in [0.1, 0.15) is 21.6 Å². The van der Waals surface area contributed by atoms with Crippen molar-refractivity contribution in [3.05, 3.63) is 62.7 Å². The molecule has 0 aliphatic rings. The number of pyridine rings is 1. The van der Waals surface area contributed by atoms with E-state index in [1.165, 1.54) is 11.6 Å². The molecule has 94 valence electrons. The third-order valence-electron chi connectivity index (χ3n) is 2.79. The van der Waals surface area contributed by atoms with E-state index in [2.05, 4.69) is 56.5 Å². The molecule has 0 radical (unpaired) electrons. The zero-order valence-corrected chi connectivity index (χ0v) is 13.6. The highest BCUT2D eigenvalue weighted by Gasteiger charge is 2.14. The molecule has 0 spiro atoms. The van der Waals surface area contributed by atoms with Crippen LogP contribution in [0.3, 0.4) is 0 Å². The summed E-state index contributed by atoms with van der Waals surface area (Å²) in [6, 6.07) is 8.86. The zero-order valence-electron chi connectivity index (χ0n) is 9.83. The van der Waals surface area contributed by atoms with Crippen molar-refractivity contribution < 1.29 is 4.39 Å². The molecule has 0 amide bonds. The summed E-state index contributed by atoms with van der Waals surface area (Å²) in [5.41, 5.74) is 3.35. The van der Waals surface area contributed by atoms with Gasteiger partial charge in [-0.25, -0.2) is 4.39 Å². The molecule has 1 aromatic carbocycles. The van der Waals surface area contributed by atoms with E-state index in [0.29, 0.717) is 0 Å². The Morgan fingerprint density at radius 2 is 2.17 bits per heavy atom. The number of hydrogen-bond acceptors (Lipinski definition) is 1. The largest absolute Gasteiger partial charge is 0.261 e. The maximum Gasteiger partial charge on any atom is 0.124 e. The van der Waals surface area contributed by atoms with Gasteiger partial charge in [0.05, 0.1) is 0 Å². The average Bonchev–Trinajstić information content (AvgIpc) is 2.32. The van der Waals surface area contributed by atoms with Crippen LogP contribution in [0.4, 0.5) is 4.39 Å². The van der Waals surface area contributed by atoms with Crippen LogP contribution >= 0.6 is 38.5 Å². The van der Waals surface area contributed by atoms with Crippen molar-refractivity contribution in [2.75, 3.05) is 0 Å². The number of hydrogen-bond donors (Lipinski definition) is 0. The van der Waals surface area contributed by atoms with Gasteiger partial charge in [0.25, 0.3) is 0 Å². The van der Waals surface area contributed by atoms with E-state index in [1.54, 1.807) is 12.3 Å². The van der Waals surface area contributed by atoms with E-state index >= 15 is 0 Å². The van der Waals surface area contributed by atoms with Crippen molar-refractivity contribution >= 4 is 38.5 Å². The van der Waals surface area contributed by atoms with Crippen LogP contribution in [0.5, 0.6) is 0 Å². The Morgan fingerprint density at radius 3 is 2.83 bits per heavy atom. The van der Waals surface area contributed by atoms with E-state index in [0.717, 1.165) is 21.2 Å². The Hall–Kier alpha value is -0.490. The lowest BCUT2D eigenvalue weighted by Crippen LogP contribution is -2.02. The first-order chi connectivity index (χ1) is 8.58. The summed E-state index contributed by atoms with van der Waals surface area (Å²) in [6.45, 7) is 2.05. The molecular weight excluding hydrogens is 408 g/mol. The van der Waals surface area contributed by atoms with Gasteiger partial charge in [-0.2, -0.15) is 0 Å². The molecule has 0 aliphatic carbocycles. The Labute approximate surface area is 128 Å². The number of alkyl halides is 1. The van der Waals surface area contributed by atoms with Crippen molar-refractivity contribution in [2.45, 2.75) is 18.2 Å². The molecule has 4 heteroatoms. The Balaban J connectivity index is 2.22. The maximum absolute atomic E-state index is 13.1. The van der Waals surface area contributed by atoms with Crippen molar-refractivity contribution in [2.24, 2.45) is 0 Å². The van der Waals surface area contributed by atoms with Crippen LogP contribution in [0, 0.1) is 16.3 Å². The summed E-state index contributed by atoms with van der Waals surface area (Å²) in [5.74, 6) is -0.197. The van der Waals surface area contributed by atoms with Crippen molar-refractivity contribution in [3.63, 3.8) is 0 Å². The summed E-state index contributed by atoms with van der Waals surface area (Å²) >= 11 is 5.83. The summed E-state index contributed by atoms with van der Waals surface area (Å²) < 4.78 is 14.0. The predicted octanol–water partition coefficient (Wildman–Crippen LogP) is 4.81. The fourth-order valence-electron chi connectivity index (χ4n) is 1.77. The van der Waals surface area contributed by atoms with Gasteiger partial charge >= 0.3 is 0 Å². The minimum absolute atomic E-state index is 0.151. The van der Waals surface area contributed by atoms with Crippen molar-refractivity contribution in [1.29, 1.82) is 0 Å². The van der Waals surface area contributed by atoms with Gasteiger partial charge in [0, 0.05) is 26.7 Å². The molecule has 2 aromatic rings. The Morgan fingerprint density at radius 1 is 1.39 bits per heavy atom. The number of nitrogens with zero attached hydrogens (tertiary/aromatic N) is 1. The molecule has 1 nitrogen and oxygen atoms in total. The van der Waals surface area contributed by atoms with E-state index < -0.39 is 0 Å². The first kappa shape index (κ1) is 13.9. The molecule has 0 saturated heterocycles. The highest BCUT2D eigenvalue weighted by molar-refractivity contribution is 14.1. The first-order valence-electron chi connectivity index (χ1n) is 5.57. The quantitative estimate of drug-likeness (QED) is 0.513. The third kappa shape index (κ3) is 3.29. The molecule has 0 fully saturated rings. The lowest BCUT2D eigenvalue weighted by molar-refractivity contribution is 0.625. The highest BCUT2D eigenvalue weighted by Crippen LogP contribution is 2.31. The van der Waals surface area contributed by atoms with Crippen LogP contribution in [0.15, 0.2) is 36.5 Å². The molecule has 1 heterocycles. The molecule has 1 unspecified atom stereocenters. The lowest BCUT2D eigenvalue weighted by Gasteiger charge is -2.13. The average molecular weight is 420 g/mol. The van der Waals surface area contributed by atoms with E-state index in [9.17, 15) is 4.39 Å². The first-order valence-corrected chi connectivity index (χ1v) is 7.57. The van der Waals surface area contributed by atoms with Gasteiger partial charge in [0.15, 0.2) is 0 Å². The van der Waals surface area contributed by atoms with E-state index in [-0.39, 0.29) is 10.6 Å². The van der Waals surface area contributed by atoms with Crippen LogP contribution in [0.2, 0.25) is 0 Å². The van der Waals surface area contributed by atoms with Crippen LogP contribution in [0.25, 0.3) is 0 Å². The minimum atomic E-state index is -0.197. The van der Waals surface area contributed by atoms with Gasteiger partial charge in [-0.1, -0.05) is 28.1 Å². The van der Waals surface area contributed by atoms with Crippen molar-refractivity contribution in [3.8, 4) is 0 Å². The van der Waals surface area contributed by atoms with Crippen LogP contribution in [-0.4, -0.2) is 4.98 Å². The normalized spacial score (nSPS) is 12.4. The molecule has 0 N–H and O–H groups in total. The maximum atomic E-state index is 13.1. The van der Waals surface area contributed by atoms with E-state index in [4.69, 9.17) is 0 Å². The monoisotopic (exact) mass is 419 g/mol. The molecular formula is C14H12BrFIN. The molecule has 2 rings (SSSR count). The van der Waals surface area contributed by atoms with Gasteiger partial charge in [0.1, 0.15) is 5.82 Å². The SMILES string of the molecule is Cc1cccnc1CC(Br)c1ccc(F)cc1I. The van der Waals surface area contributed by atoms with Gasteiger partial charge in [-0.3, -0.25) is 4.98 Å². The molecule has 1 atom stereocenters. The molecule has 1 aromatic heterocycles. The fraction of sp³-hybridized carbons (Fsp3) is 0.214. The summed E-state index contributed by atoms with van der Waals surface area (Å²) in [4.78, 5) is 4.54. The van der Waals surface area contributed by atoms with Crippen LogP contribution < -0.4 is 0 Å².